The SMILES string of the molecule is CCOC(=O)c1cn(C2CCCCC2)nc1C(F)(F)F.OCc1cn(C2CCCCC2)nc1C(F)(F)F. The van der Waals surface area contributed by atoms with Crippen LogP contribution in [0.25, 0.3) is 0 Å². The zero-order valence-electron chi connectivity index (χ0n) is 20.6. The van der Waals surface area contributed by atoms with Gasteiger partial charge in [0.15, 0.2) is 11.4 Å². The lowest BCUT2D eigenvalue weighted by Gasteiger charge is -2.21. The van der Waals surface area contributed by atoms with Crippen LogP contribution in [0.3, 0.4) is 0 Å². The minimum absolute atomic E-state index is 0.0325. The number of hydrogen-bond acceptors (Lipinski definition) is 5. The number of aromatic nitrogens is 4. The van der Waals surface area contributed by atoms with Crippen molar-refractivity contribution in [2.45, 2.75) is 102 Å². The molecule has 0 unspecified atom stereocenters. The summed E-state index contributed by atoms with van der Waals surface area (Å²) in [6.45, 7) is 0.961. The first-order chi connectivity index (χ1) is 17.5. The lowest BCUT2D eigenvalue weighted by Crippen LogP contribution is -2.16. The number of nitrogens with zero attached hydrogens (tertiary/aromatic N) is 4. The fourth-order valence-electron chi connectivity index (χ4n) is 4.81. The van der Waals surface area contributed by atoms with E-state index < -0.39 is 41.9 Å². The van der Waals surface area contributed by atoms with Crippen LogP contribution in [0, 0.1) is 0 Å². The molecule has 13 heteroatoms. The van der Waals surface area contributed by atoms with Crippen LogP contribution in [0.1, 0.15) is 111 Å². The molecule has 0 bridgehead atoms. The summed E-state index contributed by atoms with van der Waals surface area (Å²) in [6.07, 6.45) is 2.92. The van der Waals surface area contributed by atoms with E-state index >= 15 is 0 Å². The Hall–Kier alpha value is -2.57. The number of esters is 1. The first-order valence-electron chi connectivity index (χ1n) is 12.5. The van der Waals surface area contributed by atoms with Crippen LogP contribution in [0.15, 0.2) is 12.4 Å². The smallest absolute Gasteiger partial charge is 0.436 e. The molecule has 0 amide bonds. The average Bonchev–Trinajstić information content (AvgIpc) is 3.51. The number of hydrogen-bond donors (Lipinski definition) is 1. The fraction of sp³-hybridized carbons (Fsp3) is 0.708. The van der Waals surface area contributed by atoms with Crippen molar-refractivity contribution in [3.63, 3.8) is 0 Å². The lowest BCUT2D eigenvalue weighted by atomic mass is 9.96. The number of rotatable bonds is 5. The third-order valence-corrected chi connectivity index (χ3v) is 6.64. The minimum Gasteiger partial charge on any atom is -0.462 e. The molecule has 2 fully saturated rings. The van der Waals surface area contributed by atoms with Crippen molar-refractivity contribution in [2.24, 2.45) is 0 Å². The summed E-state index contributed by atoms with van der Waals surface area (Å²) in [6, 6.07) is -0.0156. The van der Waals surface area contributed by atoms with Crippen molar-refractivity contribution < 1.29 is 41.0 Å². The average molecular weight is 539 g/mol. The van der Waals surface area contributed by atoms with Crippen molar-refractivity contribution >= 4 is 5.97 Å². The third-order valence-electron chi connectivity index (χ3n) is 6.64. The molecule has 2 aromatic heterocycles. The van der Waals surface area contributed by atoms with Gasteiger partial charge in [0.1, 0.15) is 5.56 Å². The molecule has 2 aliphatic rings. The van der Waals surface area contributed by atoms with E-state index in [4.69, 9.17) is 5.11 Å². The quantitative estimate of drug-likeness (QED) is 0.348. The van der Waals surface area contributed by atoms with Crippen molar-refractivity contribution in [1.29, 1.82) is 0 Å². The summed E-state index contributed by atoms with van der Waals surface area (Å²) < 4.78 is 84.1. The number of ether oxygens (including phenoxy) is 1. The van der Waals surface area contributed by atoms with E-state index in [1.807, 2.05) is 0 Å². The van der Waals surface area contributed by atoms with Gasteiger partial charge in [0.05, 0.1) is 25.3 Å². The summed E-state index contributed by atoms with van der Waals surface area (Å²) in [5.41, 5.74) is -2.74. The molecule has 2 aromatic rings. The molecule has 0 atom stereocenters. The summed E-state index contributed by atoms with van der Waals surface area (Å²) in [5, 5.41) is 16.1. The van der Waals surface area contributed by atoms with E-state index in [0.29, 0.717) is 0 Å². The molecule has 2 heterocycles. The largest absolute Gasteiger partial charge is 0.462 e. The van der Waals surface area contributed by atoms with E-state index in [0.717, 1.165) is 64.2 Å². The van der Waals surface area contributed by atoms with Crippen LogP contribution in [-0.2, 0) is 23.7 Å². The fourth-order valence-corrected chi connectivity index (χ4v) is 4.81. The maximum atomic E-state index is 12.9. The summed E-state index contributed by atoms with van der Waals surface area (Å²) in [5.74, 6) is -0.970. The molecule has 0 saturated heterocycles. The highest BCUT2D eigenvalue weighted by molar-refractivity contribution is 5.90. The van der Waals surface area contributed by atoms with E-state index in [1.54, 1.807) is 6.92 Å². The van der Waals surface area contributed by atoms with Crippen molar-refractivity contribution in [3.8, 4) is 0 Å². The van der Waals surface area contributed by atoms with Gasteiger partial charge in [0, 0.05) is 18.0 Å². The van der Waals surface area contributed by atoms with E-state index in [1.165, 1.54) is 21.8 Å². The molecule has 0 aliphatic heterocycles. The van der Waals surface area contributed by atoms with Gasteiger partial charge in [-0.2, -0.15) is 36.5 Å². The monoisotopic (exact) mass is 538 g/mol. The molecule has 0 aromatic carbocycles. The number of carbonyl (C=O) groups is 1. The van der Waals surface area contributed by atoms with Crippen molar-refractivity contribution in [3.05, 3.63) is 34.9 Å². The number of alkyl halides is 6. The molecular weight excluding hydrogens is 506 g/mol. The summed E-state index contributed by atoms with van der Waals surface area (Å²) in [7, 11) is 0. The van der Waals surface area contributed by atoms with Crippen molar-refractivity contribution in [2.75, 3.05) is 6.61 Å². The molecule has 1 N–H and O–H groups in total. The van der Waals surface area contributed by atoms with Gasteiger partial charge in [-0.05, 0) is 32.6 Å². The van der Waals surface area contributed by atoms with Crippen LogP contribution in [0.4, 0.5) is 26.3 Å². The molecule has 2 aliphatic carbocycles. The number of carbonyl (C=O) groups excluding carboxylic acids is 1. The molecule has 0 spiro atoms. The molecule has 2 saturated carbocycles. The second kappa shape index (κ2) is 12.3. The Morgan fingerprint density at radius 2 is 1.32 bits per heavy atom. The molecular formula is C24H32F6N4O3. The standard InChI is InChI=1S/C13H17F3N2O2.C11H15F3N2O/c1-2-20-12(19)10-8-18(9-6-4-3-5-7-9)17-11(10)13(14,15)16;12-11(13,14)10-8(7-17)6-16(15-10)9-4-2-1-3-5-9/h8-9H,2-7H2,1H3;6,9,17H,1-5,7H2. The Kier molecular flexibility index (Phi) is 9.65. The van der Waals surface area contributed by atoms with E-state index in [-0.39, 0.29) is 24.3 Å². The zero-order chi connectivity index (χ0) is 27.2. The number of aliphatic hydroxyl groups excluding tert-OH is 1. The van der Waals surface area contributed by atoms with Gasteiger partial charge >= 0.3 is 18.3 Å². The normalized spacial score (nSPS) is 17.8. The Morgan fingerprint density at radius 3 is 1.73 bits per heavy atom. The first kappa shape index (κ1) is 29.0. The van der Waals surface area contributed by atoms with Crippen LogP contribution >= 0.6 is 0 Å². The van der Waals surface area contributed by atoms with Crippen LogP contribution in [0.5, 0.6) is 0 Å². The Labute approximate surface area is 210 Å². The summed E-state index contributed by atoms with van der Waals surface area (Å²) >= 11 is 0. The van der Waals surface area contributed by atoms with Gasteiger partial charge in [-0.3, -0.25) is 9.36 Å². The molecule has 37 heavy (non-hydrogen) atoms. The van der Waals surface area contributed by atoms with Crippen molar-refractivity contribution in [1.82, 2.24) is 19.6 Å². The highest BCUT2D eigenvalue weighted by atomic mass is 19.4. The molecule has 4 rings (SSSR count). The van der Waals surface area contributed by atoms with Gasteiger partial charge in [0.2, 0.25) is 0 Å². The predicted octanol–water partition coefficient (Wildman–Crippen LogP) is 6.48. The van der Waals surface area contributed by atoms with Crippen LogP contribution in [0.2, 0.25) is 0 Å². The van der Waals surface area contributed by atoms with Gasteiger partial charge in [0.25, 0.3) is 0 Å². The molecule has 0 radical (unpaired) electrons. The Balaban J connectivity index is 0.000000208. The zero-order valence-corrected chi connectivity index (χ0v) is 20.6. The predicted molar refractivity (Wildman–Crippen MR) is 121 cm³/mol. The summed E-state index contributed by atoms with van der Waals surface area (Å²) in [4.78, 5) is 11.6. The maximum absolute atomic E-state index is 12.9. The highest BCUT2D eigenvalue weighted by Crippen LogP contribution is 2.35. The van der Waals surface area contributed by atoms with E-state index in [9.17, 15) is 31.1 Å². The number of aliphatic hydroxyl groups is 1. The van der Waals surface area contributed by atoms with Gasteiger partial charge in [-0.15, -0.1) is 0 Å². The second-order valence-corrected chi connectivity index (χ2v) is 9.31. The molecule has 208 valence electrons. The minimum atomic E-state index is -4.65. The topological polar surface area (TPSA) is 82.2 Å². The van der Waals surface area contributed by atoms with Crippen LogP contribution in [-0.4, -0.2) is 37.2 Å². The second-order valence-electron chi connectivity index (χ2n) is 9.31. The lowest BCUT2D eigenvalue weighted by molar-refractivity contribution is -0.143. The molecule has 7 nitrogen and oxygen atoms in total. The third kappa shape index (κ3) is 7.48. The van der Waals surface area contributed by atoms with Crippen LogP contribution < -0.4 is 0 Å². The van der Waals surface area contributed by atoms with Gasteiger partial charge < -0.3 is 9.84 Å². The van der Waals surface area contributed by atoms with Gasteiger partial charge in [-0.1, -0.05) is 38.5 Å². The Morgan fingerprint density at radius 1 is 0.865 bits per heavy atom. The Bertz CT molecular complexity index is 1020. The number of halogens is 6. The van der Waals surface area contributed by atoms with Gasteiger partial charge in [-0.25, -0.2) is 4.79 Å². The van der Waals surface area contributed by atoms with E-state index in [2.05, 4.69) is 14.9 Å². The first-order valence-corrected chi connectivity index (χ1v) is 12.5. The highest BCUT2D eigenvalue weighted by Gasteiger charge is 2.40. The maximum Gasteiger partial charge on any atom is 0.436 e.